The van der Waals surface area contributed by atoms with Gasteiger partial charge in [0, 0.05) is 30.4 Å². The van der Waals surface area contributed by atoms with E-state index in [0.29, 0.717) is 29.2 Å². The fraction of sp³-hybridized carbons (Fsp3) is 0.130. The zero-order chi connectivity index (χ0) is 22.1. The maximum Gasteiger partial charge on any atom is 0.244 e. The number of ether oxygens (including phenoxy) is 1. The van der Waals surface area contributed by atoms with Crippen LogP contribution in [0.5, 0.6) is 11.5 Å². The summed E-state index contributed by atoms with van der Waals surface area (Å²) in [5.41, 5.74) is 9.29. The van der Waals surface area contributed by atoms with Gasteiger partial charge in [-0.3, -0.25) is 4.98 Å². The lowest BCUT2D eigenvalue weighted by Gasteiger charge is -2.11. The van der Waals surface area contributed by atoms with Crippen LogP contribution >= 0.6 is 0 Å². The van der Waals surface area contributed by atoms with Crippen molar-refractivity contribution in [2.45, 2.75) is 19.4 Å². The number of rotatable bonds is 6. The molecule has 0 bridgehead atoms. The van der Waals surface area contributed by atoms with E-state index in [1.54, 1.807) is 42.9 Å². The van der Waals surface area contributed by atoms with Gasteiger partial charge >= 0.3 is 0 Å². The molecule has 4 aromatic heterocycles. The SMILES string of the molecule is Cc1c[nH]c2nccc(Oc3ccc(CC(N)c4nc(-c5cccnc5)no4)cc3F)c12. The molecule has 1 aromatic carbocycles. The summed E-state index contributed by atoms with van der Waals surface area (Å²) >= 11 is 0. The van der Waals surface area contributed by atoms with Crippen LogP contribution < -0.4 is 10.5 Å². The lowest BCUT2D eigenvalue weighted by Crippen LogP contribution is -2.14. The molecule has 4 heterocycles. The smallest absolute Gasteiger partial charge is 0.244 e. The molecule has 0 radical (unpaired) electrons. The van der Waals surface area contributed by atoms with Gasteiger partial charge in [0.15, 0.2) is 11.6 Å². The molecule has 0 saturated heterocycles. The number of nitrogens with zero attached hydrogens (tertiary/aromatic N) is 4. The Labute approximate surface area is 182 Å². The highest BCUT2D eigenvalue weighted by atomic mass is 19.1. The van der Waals surface area contributed by atoms with Gasteiger partial charge in [-0.1, -0.05) is 11.2 Å². The average Bonchev–Trinajstić information content (AvgIpc) is 3.44. The number of hydrogen-bond donors (Lipinski definition) is 2. The van der Waals surface area contributed by atoms with Crippen LogP contribution in [0.2, 0.25) is 0 Å². The van der Waals surface area contributed by atoms with Gasteiger partial charge in [-0.25, -0.2) is 9.37 Å². The second-order valence-corrected chi connectivity index (χ2v) is 7.38. The number of nitrogens with two attached hydrogens (primary N) is 1. The van der Waals surface area contributed by atoms with Crippen LogP contribution in [0.4, 0.5) is 4.39 Å². The number of aryl methyl sites for hydroxylation is 1. The molecule has 9 heteroatoms. The van der Waals surface area contributed by atoms with Crippen LogP contribution in [0.3, 0.4) is 0 Å². The van der Waals surface area contributed by atoms with E-state index in [9.17, 15) is 4.39 Å². The standard InChI is InChI=1S/C23H19FN6O2/c1-13-11-28-22-20(13)19(6-8-27-22)31-18-5-4-14(9-16(18)24)10-17(25)23-29-21(30-32-23)15-3-2-7-26-12-15/h2-9,11-12,17H,10,25H2,1H3,(H,27,28). The topological polar surface area (TPSA) is 116 Å². The number of pyridine rings is 2. The van der Waals surface area contributed by atoms with Crippen LogP contribution in [0.25, 0.3) is 22.4 Å². The van der Waals surface area contributed by atoms with Crippen molar-refractivity contribution in [2.75, 3.05) is 0 Å². The molecule has 1 unspecified atom stereocenters. The summed E-state index contributed by atoms with van der Waals surface area (Å²) in [6.45, 7) is 1.94. The van der Waals surface area contributed by atoms with Crippen molar-refractivity contribution in [2.24, 2.45) is 5.73 Å². The molecule has 0 spiro atoms. The zero-order valence-electron chi connectivity index (χ0n) is 17.1. The first-order chi connectivity index (χ1) is 15.6. The Balaban J connectivity index is 1.32. The number of H-pyrrole nitrogens is 1. The van der Waals surface area contributed by atoms with E-state index < -0.39 is 11.9 Å². The minimum Gasteiger partial charge on any atom is -0.453 e. The fourth-order valence-corrected chi connectivity index (χ4v) is 3.48. The van der Waals surface area contributed by atoms with Crippen molar-refractivity contribution >= 4 is 11.0 Å². The Hall–Kier alpha value is -4.11. The summed E-state index contributed by atoms with van der Waals surface area (Å²) in [5, 5.41) is 4.77. The highest BCUT2D eigenvalue weighted by molar-refractivity contribution is 5.86. The fourth-order valence-electron chi connectivity index (χ4n) is 3.48. The van der Waals surface area contributed by atoms with E-state index in [0.717, 1.165) is 16.5 Å². The van der Waals surface area contributed by atoms with Crippen molar-refractivity contribution in [1.29, 1.82) is 0 Å². The molecule has 0 aliphatic heterocycles. The Kier molecular flexibility index (Phi) is 5.08. The molecule has 0 amide bonds. The average molecular weight is 430 g/mol. The molecule has 1 atom stereocenters. The van der Waals surface area contributed by atoms with Gasteiger partial charge in [0.1, 0.15) is 11.4 Å². The Morgan fingerprint density at radius 2 is 2.09 bits per heavy atom. The first-order valence-corrected chi connectivity index (χ1v) is 9.97. The minimum absolute atomic E-state index is 0.118. The number of fused-ring (bicyclic) bond motifs is 1. The van der Waals surface area contributed by atoms with Crippen LogP contribution in [0, 0.1) is 12.7 Å². The molecule has 0 saturated carbocycles. The van der Waals surface area contributed by atoms with Gasteiger partial charge in [-0.2, -0.15) is 4.98 Å². The molecular formula is C23H19FN6O2. The summed E-state index contributed by atoms with van der Waals surface area (Å²) in [7, 11) is 0. The van der Waals surface area contributed by atoms with Crippen LogP contribution in [0.1, 0.15) is 23.1 Å². The Bertz CT molecular complexity index is 1380. The van der Waals surface area contributed by atoms with E-state index in [4.69, 9.17) is 15.0 Å². The maximum absolute atomic E-state index is 14.8. The summed E-state index contributed by atoms with van der Waals surface area (Å²) < 4.78 is 25.9. The minimum atomic E-state index is -0.582. The van der Waals surface area contributed by atoms with Crippen LogP contribution in [-0.4, -0.2) is 25.1 Å². The van der Waals surface area contributed by atoms with Gasteiger partial charge in [0.2, 0.25) is 11.7 Å². The van der Waals surface area contributed by atoms with E-state index in [2.05, 4.69) is 25.1 Å². The summed E-state index contributed by atoms with van der Waals surface area (Å²) in [6.07, 6.45) is 7.07. The van der Waals surface area contributed by atoms with Crippen molar-refractivity contribution in [3.05, 3.63) is 84.0 Å². The van der Waals surface area contributed by atoms with Gasteiger partial charge < -0.3 is 20.0 Å². The second kappa shape index (κ2) is 8.20. The van der Waals surface area contributed by atoms with Gasteiger partial charge in [0.25, 0.3) is 0 Å². The van der Waals surface area contributed by atoms with E-state index >= 15 is 0 Å². The van der Waals surface area contributed by atoms with Crippen LogP contribution in [-0.2, 0) is 6.42 Å². The van der Waals surface area contributed by atoms with E-state index in [-0.39, 0.29) is 11.6 Å². The predicted octanol–water partition coefficient (Wildman–Crippen LogP) is 4.49. The predicted molar refractivity (Wildman–Crippen MR) is 115 cm³/mol. The molecule has 160 valence electrons. The Morgan fingerprint density at radius 1 is 1.19 bits per heavy atom. The molecule has 5 rings (SSSR count). The van der Waals surface area contributed by atoms with Crippen molar-refractivity contribution < 1.29 is 13.7 Å². The number of benzene rings is 1. The lowest BCUT2D eigenvalue weighted by molar-refractivity contribution is 0.354. The van der Waals surface area contributed by atoms with E-state index in [1.165, 1.54) is 6.07 Å². The monoisotopic (exact) mass is 430 g/mol. The summed E-state index contributed by atoms with van der Waals surface area (Å²) in [6, 6.07) is 9.48. The normalized spacial score (nSPS) is 12.2. The molecule has 3 N–H and O–H groups in total. The van der Waals surface area contributed by atoms with Gasteiger partial charge in [0.05, 0.1) is 11.4 Å². The maximum atomic E-state index is 14.8. The number of hydrogen-bond acceptors (Lipinski definition) is 7. The van der Waals surface area contributed by atoms with Crippen molar-refractivity contribution in [3.63, 3.8) is 0 Å². The first-order valence-electron chi connectivity index (χ1n) is 9.97. The zero-order valence-corrected chi connectivity index (χ0v) is 17.1. The lowest BCUT2D eigenvalue weighted by atomic mass is 10.1. The quantitative estimate of drug-likeness (QED) is 0.408. The second-order valence-electron chi connectivity index (χ2n) is 7.38. The summed E-state index contributed by atoms with van der Waals surface area (Å²) in [4.78, 5) is 15.7. The molecular weight excluding hydrogens is 411 g/mol. The third kappa shape index (κ3) is 3.81. The largest absolute Gasteiger partial charge is 0.453 e. The Morgan fingerprint density at radius 3 is 2.91 bits per heavy atom. The van der Waals surface area contributed by atoms with Crippen LogP contribution in [0.15, 0.2) is 65.7 Å². The van der Waals surface area contributed by atoms with Crippen molar-refractivity contribution in [1.82, 2.24) is 25.1 Å². The number of halogens is 1. The third-order valence-corrected chi connectivity index (χ3v) is 5.08. The molecule has 5 aromatic rings. The van der Waals surface area contributed by atoms with Crippen molar-refractivity contribution in [3.8, 4) is 22.9 Å². The number of aromatic nitrogens is 5. The van der Waals surface area contributed by atoms with E-state index in [1.807, 2.05) is 19.2 Å². The van der Waals surface area contributed by atoms with Gasteiger partial charge in [-0.05, 0) is 54.8 Å². The summed E-state index contributed by atoms with van der Waals surface area (Å²) in [5.74, 6) is 0.835. The highest BCUT2D eigenvalue weighted by Crippen LogP contribution is 2.32. The van der Waals surface area contributed by atoms with Gasteiger partial charge in [-0.15, -0.1) is 0 Å². The molecule has 8 nitrogen and oxygen atoms in total. The highest BCUT2D eigenvalue weighted by Gasteiger charge is 2.18. The molecule has 0 aliphatic carbocycles. The first kappa shape index (κ1) is 19.8. The third-order valence-electron chi connectivity index (χ3n) is 5.08. The number of nitrogens with one attached hydrogen (secondary N) is 1. The molecule has 0 fully saturated rings. The number of aromatic amines is 1. The molecule has 0 aliphatic rings. The molecule has 32 heavy (non-hydrogen) atoms.